The van der Waals surface area contributed by atoms with Gasteiger partial charge in [-0.1, -0.05) is 30.3 Å². The number of hydrogen-bond donors (Lipinski definition) is 0. The van der Waals surface area contributed by atoms with Crippen molar-refractivity contribution >= 4 is 28.5 Å². The van der Waals surface area contributed by atoms with Crippen molar-refractivity contribution in [2.45, 2.75) is 25.7 Å². The third-order valence-corrected chi connectivity index (χ3v) is 6.81. The van der Waals surface area contributed by atoms with Gasteiger partial charge in [0.15, 0.2) is 5.65 Å². The molecular weight excluding hydrogens is 487 g/mol. The molecule has 0 N–H and O–H groups in total. The topological polar surface area (TPSA) is 86.8 Å². The summed E-state index contributed by atoms with van der Waals surface area (Å²) >= 11 is 0. The SMILES string of the molecule is CCOC(=O)c1cnn2c(N(C)Cc3ccccc3)cc(-c3cn(C4COCC4F)c4ncccc34)nc12. The number of ether oxygens (including phenoxy) is 2. The zero-order valence-electron chi connectivity index (χ0n) is 21.1. The molecule has 1 aliphatic heterocycles. The molecule has 0 aliphatic carbocycles. The lowest BCUT2D eigenvalue weighted by Crippen LogP contribution is -2.20. The Kier molecular flexibility index (Phi) is 6.24. The van der Waals surface area contributed by atoms with Gasteiger partial charge in [0.25, 0.3) is 0 Å². The summed E-state index contributed by atoms with van der Waals surface area (Å²) in [6.45, 7) is 2.94. The number of benzene rings is 1. The van der Waals surface area contributed by atoms with Crippen LogP contribution in [-0.2, 0) is 16.0 Å². The molecule has 194 valence electrons. The fraction of sp³-hybridized carbons (Fsp3) is 0.286. The lowest BCUT2D eigenvalue weighted by atomic mass is 10.1. The Hall–Kier alpha value is -4.31. The maximum absolute atomic E-state index is 14.7. The van der Waals surface area contributed by atoms with Gasteiger partial charge in [-0.25, -0.2) is 19.2 Å². The van der Waals surface area contributed by atoms with Gasteiger partial charge in [0, 0.05) is 43.0 Å². The number of anilines is 1. The van der Waals surface area contributed by atoms with E-state index in [4.69, 9.17) is 14.5 Å². The highest BCUT2D eigenvalue weighted by molar-refractivity contribution is 5.98. The first-order valence-corrected chi connectivity index (χ1v) is 12.5. The highest BCUT2D eigenvalue weighted by Gasteiger charge is 2.32. The molecule has 4 aromatic heterocycles. The van der Waals surface area contributed by atoms with Crippen molar-refractivity contribution in [1.29, 1.82) is 0 Å². The molecule has 5 heterocycles. The van der Waals surface area contributed by atoms with E-state index in [1.807, 2.05) is 54.2 Å². The minimum absolute atomic E-state index is 0.0594. The zero-order valence-corrected chi connectivity index (χ0v) is 21.1. The Bertz CT molecular complexity index is 1620. The molecule has 1 saturated heterocycles. The molecule has 9 nitrogen and oxygen atoms in total. The first-order chi connectivity index (χ1) is 18.5. The van der Waals surface area contributed by atoms with E-state index in [0.29, 0.717) is 23.5 Å². The van der Waals surface area contributed by atoms with Crippen LogP contribution in [-0.4, -0.2) is 63.2 Å². The average molecular weight is 515 g/mol. The lowest BCUT2D eigenvalue weighted by molar-refractivity contribution is 0.0528. The van der Waals surface area contributed by atoms with Gasteiger partial charge in [-0.15, -0.1) is 0 Å². The van der Waals surface area contributed by atoms with Crippen LogP contribution in [0.5, 0.6) is 0 Å². The van der Waals surface area contributed by atoms with Crippen molar-refractivity contribution in [3.8, 4) is 11.3 Å². The summed E-state index contributed by atoms with van der Waals surface area (Å²) in [4.78, 5) is 24.2. The number of alkyl halides is 1. The van der Waals surface area contributed by atoms with E-state index in [2.05, 4.69) is 27.1 Å². The average Bonchev–Trinajstić information content (AvgIpc) is 3.65. The Balaban J connectivity index is 1.54. The van der Waals surface area contributed by atoms with Gasteiger partial charge in [-0.2, -0.15) is 9.61 Å². The summed E-state index contributed by atoms with van der Waals surface area (Å²) in [6.07, 6.45) is 3.92. The van der Waals surface area contributed by atoms with Crippen LogP contribution in [0.2, 0.25) is 0 Å². The fourth-order valence-corrected chi connectivity index (χ4v) is 4.96. The number of pyridine rings is 1. The van der Waals surface area contributed by atoms with Gasteiger partial charge in [-0.3, -0.25) is 0 Å². The predicted octanol–water partition coefficient (Wildman–Crippen LogP) is 4.47. The van der Waals surface area contributed by atoms with Crippen molar-refractivity contribution in [3.05, 3.63) is 78.2 Å². The van der Waals surface area contributed by atoms with Gasteiger partial charge in [0.1, 0.15) is 23.2 Å². The molecule has 0 bridgehead atoms. The number of esters is 1. The second-order valence-corrected chi connectivity index (χ2v) is 9.30. The van der Waals surface area contributed by atoms with Crippen molar-refractivity contribution in [3.63, 3.8) is 0 Å². The number of carbonyl (C=O) groups is 1. The first kappa shape index (κ1) is 24.1. The van der Waals surface area contributed by atoms with E-state index in [1.54, 1.807) is 17.6 Å². The Labute approximate surface area is 218 Å². The molecule has 2 atom stereocenters. The second kappa shape index (κ2) is 9.86. The van der Waals surface area contributed by atoms with Gasteiger partial charge in [0.2, 0.25) is 0 Å². The molecule has 0 saturated carbocycles. The van der Waals surface area contributed by atoms with E-state index in [0.717, 1.165) is 22.3 Å². The molecule has 2 unspecified atom stereocenters. The molecule has 1 fully saturated rings. The van der Waals surface area contributed by atoms with Gasteiger partial charge in [-0.05, 0) is 24.6 Å². The van der Waals surface area contributed by atoms with Crippen LogP contribution in [0.3, 0.4) is 0 Å². The largest absolute Gasteiger partial charge is 0.462 e. The van der Waals surface area contributed by atoms with Crippen molar-refractivity contribution in [2.24, 2.45) is 0 Å². The Morgan fingerprint density at radius 2 is 2.03 bits per heavy atom. The van der Waals surface area contributed by atoms with Crippen molar-refractivity contribution in [1.82, 2.24) is 24.1 Å². The number of fused-ring (bicyclic) bond motifs is 2. The molecule has 6 rings (SSSR count). The molecule has 1 aliphatic rings. The quantitative estimate of drug-likeness (QED) is 0.296. The standard InChI is InChI=1S/C28H27FN6O3/c1-3-38-28(36)20-13-31-35-25(33(2)14-18-8-5-4-6-9-18)12-23(32-27(20)35)21-15-34(24-17-37-16-22(24)29)26-19(21)10-7-11-30-26/h4-13,15,22,24H,3,14,16-17H2,1-2H3. The van der Waals surface area contributed by atoms with Crippen molar-refractivity contribution in [2.75, 3.05) is 31.8 Å². The van der Waals surface area contributed by atoms with Crippen LogP contribution < -0.4 is 4.90 Å². The number of carbonyl (C=O) groups excluding carboxylic acids is 1. The van der Waals surface area contributed by atoms with Crippen LogP contribution in [0, 0.1) is 0 Å². The third-order valence-electron chi connectivity index (χ3n) is 6.81. The molecule has 5 aromatic rings. The fourth-order valence-electron chi connectivity index (χ4n) is 4.96. The first-order valence-electron chi connectivity index (χ1n) is 12.5. The molecular formula is C28H27FN6O3. The van der Waals surface area contributed by atoms with Crippen LogP contribution in [0.4, 0.5) is 10.2 Å². The normalized spacial score (nSPS) is 17.3. The van der Waals surface area contributed by atoms with E-state index in [9.17, 15) is 9.18 Å². The van der Waals surface area contributed by atoms with E-state index in [-0.39, 0.29) is 25.4 Å². The third kappa shape index (κ3) is 4.16. The van der Waals surface area contributed by atoms with Gasteiger partial charge in [0.05, 0.1) is 37.8 Å². The van der Waals surface area contributed by atoms with Crippen LogP contribution in [0.1, 0.15) is 28.9 Å². The van der Waals surface area contributed by atoms with Crippen LogP contribution in [0.15, 0.2) is 67.1 Å². The second-order valence-electron chi connectivity index (χ2n) is 9.30. The number of hydrogen-bond acceptors (Lipinski definition) is 7. The molecule has 0 radical (unpaired) electrons. The summed E-state index contributed by atoms with van der Waals surface area (Å²) in [5.41, 5.74) is 3.83. The number of rotatable bonds is 7. The van der Waals surface area contributed by atoms with E-state index in [1.165, 1.54) is 6.20 Å². The number of nitrogens with zero attached hydrogens (tertiary/aromatic N) is 6. The molecule has 1 aromatic carbocycles. The molecule has 0 spiro atoms. The van der Waals surface area contributed by atoms with Crippen LogP contribution >= 0.6 is 0 Å². The molecule has 0 amide bonds. The highest BCUT2D eigenvalue weighted by Crippen LogP contribution is 2.35. The minimum atomic E-state index is -1.13. The van der Waals surface area contributed by atoms with Crippen LogP contribution in [0.25, 0.3) is 27.9 Å². The minimum Gasteiger partial charge on any atom is -0.462 e. The summed E-state index contributed by atoms with van der Waals surface area (Å²) in [5.74, 6) is 0.248. The maximum atomic E-state index is 14.7. The van der Waals surface area contributed by atoms with Gasteiger partial charge < -0.3 is 18.9 Å². The monoisotopic (exact) mass is 514 g/mol. The Morgan fingerprint density at radius 3 is 2.79 bits per heavy atom. The van der Waals surface area contributed by atoms with E-state index >= 15 is 0 Å². The lowest BCUT2D eigenvalue weighted by Gasteiger charge is -2.21. The summed E-state index contributed by atoms with van der Waals surface area (Å²) in [7, 11) is 1.96. The maximum Gasteiger partial charge on any atom is 0.343 e. The number of aromatic nitrogens is 5. The number of halogens is 1. The summed E-state index contributed by atoms with van der Waals surface area (Å²) in [5, 5.41) is 5.32. The van der Waals surface area contributed by atoms with Crippen molar-refractivity contribution < 1.29 is 18.7 Å². The highest BCUT2D eigenvalue weighted by atomic mass is 19.1. The summed E-state index contributed by atoms with van der Waals surface area (Å²) < 4.78 is 28.9. The smallest absolute Gasteiger partial charge is 0.343 e. The summed E-state index contributed by atoms with van der Waals surface area (Å²) in [6, 6.07) is 15.3. The molecule has 38 heavy (non-hydrogen) atoms. The van der Waals surface area contributed by atoms with Gasteiger partial charge >= 0.3 is 5.97 Å². The zero-order chi connectivity index (χ0) is 26.2. The Morgan fingerprint density at radius 1 is 1.18 bits per heavy atom. The molecule has 10 heteroatoms. The van der Waals surface area contributed by atoms with E-state index < -0.39 is 18.2 Å². The predicted molar refractivity (Wildman–Crippen MR) is 141 cm³/mol.